The van der Waals surface area contributed by atoms with Crippen LogP contribution in [0.1, 0.15) is 0 Å². The molecule has 0 unspecified atom stereocenters. The summed E-state index contributed by atoms with van der Waals surface area (Å²) in [6, 6.07) is 0. The fourth-order valence-electron chi connectivity index (χ4n) is 1.06. The van der Waals surface area contributed by atoms with Crippen molar-refractivity contribution >= 4 is 15.6 Å². The van der Waals surface area contributed by atoms with Gasteiger partial charge in [0.05, 0.1) is 13.2 Å². The highest BCUT2D eigenvalue weighted by molar-refractivity contribution is 7.46. The van der Waals surface area contributed by atoms with Gasteiger partial charge in [0.2, 0.25) is 0 Å². The van der Waals surface area contributed by atoms with Gasteiger partial charge in [-0.1, -0.05) is 0 Å². The van der Waals surface area contributed by atoms with Crippen molar-refractivity contribution in [1.29, 1.82) is 0 Å². The first-order valence-corrected chi connectivity index (χ1v) is 6.79. The Hall–Kier alpha value is 0.180. The standard InChI is InChI=1S/C4H10O9P2/c5-14(6,7)12-3-1-11-2-4(3)13-15(8,9)10/h3-4H,1-2H2,(H2,5,6,7)(H2,8,9,10)/t3-,4-/m0/s1. The number of phosphoric ester groups is 2. The van der Waals surface area contributed by atoms with E-state index in [4.69, 9.17) is 24.3 Å². The molecule has 0 aliphatic carbocycles. The second-order valence-electron chi connectivity index (χ2n) is 2.81. The van der Waals surface area contributed by atoms with E-state index in [2.05, 4.69) is 9.05 Å². The lowest BCUT2D eigenvalue weighted by Gasteiger charge is -2.18. The average molecular weight is 264 g/mol. The summed E-state index contributed by atoms with van der Waals surface area (Å²) in [5.74, 6) is 0. The van der Waals surface area contributed by atoms with Crippen LogP contribution in [0.4, 0.5) is 0 Å². The largest absolute Gasteiger partial charge is 0.470 e. The number of rotatable bonds is 4. The predicted molar refractivity (Wildman–Crippen MR) is 44.7 cm³/mol. The molecule has 0 saturated carbocycles. The van der Waals surface area contributed by atoms with Crippen molar-refractivity contribution in [1.82, 2.24) is 0 Å². The Morgan fingerprint density at radius 3 is 1.53 bits per heavy atom. The molecule has 0 bridgehead atoms. The zero-order chi connectivity index (χ0) is 11.7. The molecule has 1 heterocycles. The second-order valence-corrected chi connectivity index (χ2v) is 5.19. The van der Waals surface area contributed by atoms with Gasteiger partial charge in [-0.3, -0.25) is 9.05 Å². The van der Waals surface area contributed by atoms with Crippen LogP contribution in [0.25, 0.3) is 0 Å². The molecule has 0 aromatic rings. The maximum atomic E-state index is 10.5. The summed E-state index contributed by atoms with van der Waals surface area (Å²) < 4.78 is 34.1. The first-order chi connectivity index (χ1) is 6.67. The zero-order valence-electron chi connectivity index (χ0n) is 7.29. The molecule has 0 amide bonds. The van der Waals surface area contributed by atoms with Crippen LogP contribution in [0.3, 0.4) is 0 Å². The maximum Gasteiger partial charge on any atom is 0.470 e. The van der Waals surface area contributed by atoms with Gasteiger partial charge in [-0.15, -0.1) is 0 Å². The molecule has 2 atom stereocenters. The third-order valence-corrected chi connectivity index (χ3v) is 2.62. The van der Waals surface area contributed by atoms with E-state index in [0.29, 0.717) is 0 Å². The summed E-state index contributed by atoms with van der Waals surface area (Å²) in [5, 5.41) is 0. The first kappa shape index (κ1) is 13.2. The molecule has 0 radical (unpaired) electrons. The highest BCUT2D eigenvalue weighted by atomic mass is 31.2. The number of hydrogen-bond donors (Lipinski definition) is 4. The molecule has 4 N–H and O–H groups in total. The Bertz CT molecular complexity index is 273. The van der Waals surface area contributed by atoms with Crippen LogP contribution in [0.5, 0.6) is 0 Å². The molecule has 0 aromatic heterocycles. The molecule has 1 saturated heterocycles. The van der Waals surface area contributed by atoms with Crippen LogP contribution >= 0.6 is 15.6 Å². The fraction of sp³-hybridized carbons (Fsp3) is 1.00. The summed E-state index contributed by atoms with van der Waals surface area (Å²) in [4.78, 5) is 33.9. The van der Waals surface area contributed by atoms with Crippen LogP contribution in [0.15, 0.2) is 0 Å². The minimum atomic E-state index is -4.73. The van der Waals surface area contributed by atoms with E-state index in [-0.39, 0.29) is 13.2 Å². The number of hydrogen-bond acceptors (Lipinski definition) is 5. The van der Waals surface area contributed by atoms with Gasteiger partial charge >= 0.3 is 15.6 Å². The lowest BCUT2D eigenvalue weighted by atomic mass is 10.3. The van der Waals surface area contributed by atoms with Gasteiger partial charge in [0.1, 0.15) is 12.2 Å². The molecule has 15 heavy (non-hydrogen) atoms. The number of phosphoric acid groups is 2. The van der Waals surface area contributed by atoms with Crippen molar-refractivity contribution in [2.24, 2.45) is 0 Å². The van der Waals surface area contributed by atoms with Crippen LogP contribution in [0.2, 0.25) is 0 Å². The third kappa shape index (κ3) is 5.17. The highest BCUT2D eigenvalue weighted by Gasteiger charge is 2.38. The summed E-state index contributed by atoms with van der Waals surface area (Å²) in [6.07, 6.45) is -2.39. The molecule has 0 aromatic carbocycles. The quantitative estimate of drug-likeness (QED) is 0.468. The van der Waals surface area contributed by atoms with Crippen LogP contribution < -0.4 is 0 Å². The average Bonchev–Trinajstić information content (AvgIpc) is 2.29. The van der Waals surface area contributed by atoms with E-state index in [1.54, 1.807) is 0 Å². The maximum absolute atomic E-state index is 10.5. The monoisotopic (exact) mass is 264 g/mol. The Morgan fingerprint density at radius 2 is 1.27 bits per heavy atom. The summed E-state index contributed by atoms with van der Waals surface area (Å²) in [6.45, 7) is -0.397. The SMILES string of the molecule is O=P(O)(O)O[C@H]1COC[C@@H]1OP(=O)(O)O. The van der Waals surface area contributed by atoms with Gasteiger partial charge in [0.25, 0.3) is 0 Å². The van der Waals surface area contributed by atoms with Gasteiger partial charge < -0.3 is 24.3 Å². The second kappa shape index (κ2) is 4.58. The van der Waals surface area contributed by atoms with E-state index < -0.39 is 27.9 Å². The summed E-state index contributed by atoms with van der Waals surface area (Å²) in [7, 11) is -9.46. The van der Waals surface area contributed by atoms with Crippen molar-refractivity contribution in [2.75, 3.05) is 13.2 Å². The molecule has 90 valence electrons. The Labute approximate surface area is 84.4 Å². The van der Waals surface area contributed by atoms with Crippen molar-refractivity contribution in [3.63, 3.8) is 0 Å². The minimum Gasteiger partial charge on any atom is -0.376 e. The molecule has 11 heteroatoms. The summed E-state index contributed by atoms with van der Waals surface area (Å²) in [5.41, 5.74) is 0. The van der Waals surface area contributed by atoms with Gasteiger partial charge in [-0.2, -0.15) is 0 Å². The first-order valence-electron chi connectivity index (χ1n) is 3.73. The predicted octanol–water partition coefficient (Wildman–Crippen LogP) is -1.03. The van der Waals surface area contributed by atoms with Crippen LogP contribution in [-0.2, 0) is 22.9 Å². The number of ether oxygens (including phenoxy) is 1. The Kier molecular flexibility index (Phi) is 4.05. The lowest BCUT2D eigenvalue weighted by molar-refractivity contribution is 0.0443. The molecule has 1 fully saturated rings. The van der Waals surface area contributed by atoms with Gasteiger partial charge in [-0.05, 0) is 0 Å². The third-order valence-electron chi connectivity index (χ3n) is 1.52. The van der Waals surface area contributed by atoms with Crippen molar-refractivity contribution in [3.8, 4) is 0 Å². The molecular formula is C4H10O9P2. The van der Waals surface area contributed by atoms with Crippen molar-refractivity contribution < 1.29 is 42.5 Å². The molecule has 1 rings (SSSR count). The van der Waals surface area contributed by atoms with E-state index in [1.807, 2.05) is 0 Å². The minimum absolute atomic E-state index is 0.199. The smallest absolute Gasteiger partial charge is 0.376 e. The molecule has 9 nitrogen and oxygen atoms in total. The Morgan fingerprint density at radius 1 is 0.933 bits per heavy atom. The van der Waals surface area contributed by atoms with Gasteiger partial charge in [0, 0.05) is 0 Å². The van der Waals surface area contributed by atoms with Gasteiger partial charge in [-0.25, -0.2) is 9.13 Å². The normalized spacial score (nSPS) is 28.3. The van der Waals surface area contributed by atoms with E-state index in [9.17, 15) is 9.13 Å². The molecular weight excluding hydrogens is 254 g/mol. The molecule has 0 spiro atoms. The van der Waals surface area contributed by atoms with E-state index in [0.717, 1.165) is 0 Å². The van der Waals surface area contributed by atoms with E-state index in [1.165, 1.54) is 0 Å². The zero-order valence-corrected chi connectivity index (χ0v) is 9.08. The van der Waals surface area contributed by atoms with Crippen LogP contribution in [-0.4, -0.2) is 45.0 Å². The Balaban J connectivity index is 2.58. The molecule has 1 aliphatic heterocycles. The summed E-state index contributed by atoms with van der Waals surface area (Å²) >= 11 is 0. The fourth-order valence-corrected chi connectivity index (χ4v) is 2.16. The van der Waals surface area contributed by atoms with Crippen molar-refractivity contribution in [2.45, 2.75) is 12.2 Å². The molecule has 1 aliphatic rings. The topological polar surface area (TPSA) is 143 Å². The highest BCUT2D eigenvalue weighted by Crippen LogP contribution is 2.44. The van der Waals surface area contributed by atoms with Crippen LogP contribution in [0, 0.1) is 0 Å². The van der Waals surface area contributed by atoms with E-state index >= 15 is 0 Å². The van der Waals surface area contributed by atoms with Crippen molar-refractivity contribution in [3.05, 3.63) is 0 Å². The lowest BCUT2D eigenvalue weighted by Crippen LogP contribution is -2.28. The van der Waals surface area contributed by atoms with Gasteiger partial charge in [0.15, 0.2) is 0 Å².